The van der Waals surface area contributed by atoms with Gasteiger partial charge in [-0.15, -0.1) is 0 Å². The fraction of sp³-hybridized carbons (Fsp3) is 0.240. The molecule has 160 valence electrons. The van der Waals surface area contributed by atoms with Gasteiger partial charge in [-0.1, -0.05) is 54.6 Å². The lowest BCUT2D eigenvalue weighted by Crippen LogP contribution is -2.43. The highest BCUT2D eigenvalue weighted by atomic mass is 32.2. The van der Waals surface area contributed by atoms with Gasteiger partial charge >= 0.3 is 0 Å². The molecule has 0 N–H and O–H groups in total. The normalized spacial score (nSPS) is 15.1. The molecular weight excluding hydrogens is 413 g/mol. The summed E-state index contributed by atoms with van der Waals surface area (Å²) < 4.78 is 38.7. The van der Waals surface area contributed by atoms with Crippen LogP contribution in [-0.4, -0.2) is 37.6 Å². The molecule has 31 heavy (non-hydrogen) atoms. The number of piperidine rings is 1. The van der Waals surface area contributed by atoms with Crippen LogP contribution in [0.25, 0.3) is 11.1 Å². The number of halogens is 1. The number of likely N-dealkylation sites (tertiary alicyclic amines) is 1. The minimum absolute atomic E-state index is 0.00471. The van der Waals surface area contributed by atoms with Crippen molar-refractivity contribution in [2.45, 2.75) is 29.4 Å². The molecule has 0 saturated carbocycles. The smallest absolute Gasteiger partial charge is 0.226 e. The van der Waals surface area contributed by atoms with E-state index in [4.69, 9.17) is 0 Å². The molecule has 1 saturated heterocycles. The predicted octanol–water partition coefficient (Wildman–Crippen LogP) is 4.50. The zero-order chi connectivity index (χ0) is 21.8. The average Bonchev–Trinajstić information content (AvgIpc) is 2.80. The van der Waals surface area contributed by atoms with Crippen LogP contribution in [0, 0.1) is 5.82 Å². The zero-order valence-electron chi connectivity index (χ0n) is 17.1. The highest BCUT2D eigenvalue weighted by molar-refractivity contribution is 7.92. The maximum Gasteiger partial charge on any atom is 0.226 e. The Hall–Kier alpha value is -2.99. The Kier molecular flexibility index (Phi) is 6.18. The van der Waals surface area contributed by atoms with E-state index in [0.717, 1.165) is 28.8 Å². The van der Waals surface area contributed by atoms with Crippen molar-refractivity contribution in [1.82, 2.24) is 4.90 Å². The van der Waals surface area contributed by atoms with E-state index in [0.29, 0.717) is 32.4 Å². The van der Waals surface area contributed by atoms with E-state index in [1.807, 2.05) is 54.6 Å². The Morgan fingerprint density at radius 2 is 1.42 bits per heavy atom. The van der Waals surface area contributed by atoms with E-state index in [-0.39, 0.29) is 10.8 Å². The summed E-state index contributed by atoms with van der Waals surface area (Å²) in [5, 5.41) is -0.549. The number of amides is 1. The fourth-order valence-electron chi connectivity index (χ4n) is 3.96. The Labute approximate surface area is 182 Å². The van der Waals surface area contributed by atoms with Crippen molar-refractivity contribution in [3.63, 3.8) is 0 Å². The van der Waals surface area contributed by atoms with Gasteiger partial charge < -0.3 is 4.90 Å². The van der Waals surface area contributed by atoms with Crippen molar-refractivity contribution in [2.75, 3.05) is 13.1 Å². The number of carbonyl (C=O) groups is 1. The van der Waals surface area contributed by atoms with Gasteiger partial charge in [0, 0.05) is 13.1 Å². The van der Waals surface area contributed by atoms with E-state index in [2.05, 4.69) is 0 Å². The van der Waals surface area contributed by atoms with Gasteiger partial charge in [0.15, 0.2) is 9.84 Å². The molecule has 3 aromatic rings. The van der Waals surface area contributed by atoms with Gasteiger partial charge in [-0.05, 0) is 53.8 Å². The van der Waals surface area contributed by atoms with Crippen LogP contribution in [0.2, 0.25) is 0 Å². The van der Waals surface area contributed by atoms with E-state index in [9.17, 15) is 17.6 Å². The Morgan fingerprint density at radius 3 is 2.03 bits per heavy atom. The lowest BCUT2D eigenvalue weighted by atomic mass is 10.0. The van der Waals surface area contributed by atoms with Crippen molar-refractivity contribution in [2.24, 2.45) is 0 Å². The van der Waals surface area contributed by atoms with Gasteiger partial charge in [0.05, 0.1) is 16.6 Å². The highest BCUT2D eigenvalue weighted by Crippen LogP contribution is 2.25. The van der Waals surface area contributed by atoms with Gasteiger partial charge in [0.2, 0.25) is 5.91 Å². The van der Waals surface area contributed by atoms with Crippen LogP contribution in [0.4, 0.5) is 4.39 Å². The number of carbonyl (C=O) groups excluding carboxylic acids is 1. The second-order valence-corrected chi connectivity index (χ2v) is 10.0. The molecule has 6 heteroatoms. The molecule has 1 fully saturated rings. The summed E-state index contributed by atoms with van der Waals surface area (Å²) in [6.07, 6.45) is 1.07. The standard InChI is InChI=1S/C25H24FNO3S/c26-22-10-12-23(13-11-22)31(29,30)24-14-16-27(17-15-24)25(28)18-19-6-8-21(9-7-19)20-4-2-1-3-5-20/h1-13,24H,14-18H2. The number of hydrogen-bond acceptors (Lipinski definition) is 3. The van der Waals surface area contributed by atoms with Crippen molar-refractivity contribution in [1.29, 1.82) is 0 Å². The maximum absolute atomic E-state index is 13.1. The third-order valence-electron chi connectivity index (χ3n) is 5.79. The molecule has 1 aliphatic heterocycles. The third-order valence-corrected chi connectivity index (χ3v) is 8.07. The lowest BCUT2D eigenvalue weighted by Gasteiger charge is -2.32. The van der Waals surface area contributed by atoms with Crippen LogP contribution in [0.5, 0.6) is 0 Å². The number of benzene rings is 3. The van der Waals surface area contributed by atoms with Gasteiger partial charge in [-0.25, -0.2) is 12.8 Å². The Morgan fingerprint density at radius 1 is 0.839 bits per heavy atom. The number of hydrogen-bond donors (Lipinski definition) is 0. The van der Waals surface area contributed by atoms with E-state index < -0.39 is 20.9 Å². The number of sulfone groups is 1. The topological polar surface area (TPSA) is 54.5 Å². The molecule has 0 aromatic heterocycles. The van der Waals surface area contributed by atoms with Crippen LogP contribution < -0.4 is 0 Å². The van der Waals surface area contributed by atoms with Crippen LogP contribution in [0.15, 0.2) is 83.8 Å². The number of nitrogens with zero attached hydrogens (tertiary/aromatic N) is 1. The fourth-order valence-corrected chi connectivity index (χ4v) is 5.70. The molecule has 0 atom stereocenters. The van der Waals surface area contributed by atoms with E-state index in [1.54, 1.807) is 4.90 Å². The van der Waals surface area contributed by atoms with Crippen LogP contribution in [0.3, 0.4) is 0 Å². The minimum atomic E-state index is -3.52. The Balaban J connectivity index is 1.34. The molecule has 0 spiro atoms. The summed E-state index contributed by atoms with van der Waals surface area (Å²) in [5.74, 6) is -0.457. The zero-order valence-corrected chi connectivity index (χ0v) is 17.9. The van der Waals surface area contributed by atoms with E-state index in [1.165, 1.54) is 12.1 Å². The maximum atomic E-state index is 13.1. The first kappa shape index (κ1) is 21.2. The van der Waals surface area contributed by atoms with Crippen LogP contribution >= 0.6 is 0 Å². The summed E-state index contributed by atoms with van der Waals surface area (Å²) in [7, 11) is -3.52. The van der Waals surface area contributed by atoms with E-state index >= 15 is 0 Å². The second-order valence-electron chi connectivity index (χ2n) is 7.82. The lowest BCUT2D eigenvalue weighted by molar-refractivity contribution is -0.131. The first-order valence-corrected chi connectivity index (χ1v) is 11.9. The average molecular weight is 438 g/mol. The van der Waals surface area contributed by atoms with Crippen LogP contribution in [0.1, 0.15) is 18.4 Å². The number of rotatable bonds is 5. The summed E-state index contributed by atoms with van der Waals surface area (Å²) in [6.45, 7) is 0.818. The monoisotopic (exact) mass is 437 g/mol. The summed E-state index contributed by atoms with van der Waals surface area (Å²) in [5.41, 5.74) is 3.17. The molecule has 0 radical (unpaired) electrons. The first-order valence-electron chi connectivity index (χ1n) is 10.3. The molecular formula is C25H24FNO3S. The van der Waals surface area contributed by atoms with Gasteiger partial charge in [0.1, 0.15) is 5.82 Å². The van der Waals surface area contributed by atoms with Crippen molar-refractivity contribution >= 4 is 15.7 Å². The molecule has 0 aliphatic carbocycles. The minimum Gasteiger partial charge on any atom is -0.342 e. The molecule has 4 nitrogen and oxygen atoms in total. The summed E-state index contributed by atoms with van der Waals surface area (Å²) in [4.78, 5) is 14.6. The first-order chi connectivity index (χ1) is 14.9. The van der Waals surface area contributed by atoms with Crippen molar-refractivity contribution in [3.8, 4) is 11.1 Å². The highest BCUT2D eigenvalue weighted by Gasteiger charge is 2.32. The molecule has 1 heterocycles. The SMILES string of the molecule is O=C(Cc1ccc(-c2ccccc2)cc1)N1CCC(S(=O)(=O)c2ccc(F)cc2)CC1. The molecule has 1 aliphatic rings. The molecule has 3 aromatic carbocycles. The quantitative estimate of drug-likeness (QED) is 0.552. The third kappa shape index (κ3) is 4.85. The van der Waals surface area contributed by atoms with Crippen molar-refractivity contribution in [3.05, 3.63) is 90.2 Å². The van der Waals surface area contributed by atoms with Crippen LogP contribution in [-0.2, 0) is 21.1 Å². The molecule has 4 rings (SSSR count). The summed E-state index contributed by atoms with van der Waals surface area (Å²) in [6, 6.07) is 22.9. The molecule has 0 unspecified atom stereocenters. The molecule has 1 amide bonds. The van der Waals surface area contributed by atoms with Gasteiger partial charge in [-0.3, -0.25) is 4.79 Å². The Bertz CT molecular complexity index is 1140. The summed E-state index contributed by atoms with van der Waals surface area (Å²) >= 11 is 0. The van der Waals surface area contributed by atoms with Gasteiger partial charge in [-0.2, -0.15) is 0 Å². The molecule has 0 bridgehead atoms. The predicted molar refractivity (Wildman–Crippen MR) is 119 cm³/mol. The van der Waals surface area contributed by atoms with Gasteiger partial charge in [0.25, 0.3) is 0 Å². The second kappa shape index (κ2) is 9.02. The largest absolute Gasteiger partial charge is 0.342 e. The van der Waals surface area contributed by atoms with Crippen molar-refractivity contribution < 1.29 is 17.6 Å².